The molecule has 0 bridgehead atoms. The lowest BCUT2D eigenvalue weighted by Gasteiger charge is -2.27. The molecule has 5 heteroatoms. The summed E-state index contributed by atoms with van der Waals surface area (Å²) in [6.07, 6.45) is 10.1. The number of nitrogens with one attached hydrogen (secondary N) is 1. The average molecular weight is 324 g/mol. The third kappa shape index (κ3) is 3.94. The van der Waals surface area contributed by atoms with Gasteiger partial charge in [-0.3, -0.25) is 4.79 Å². The SMILES string of the molecule is C#CCCC1(CCC(=O)NCc2ccc3c(c2)CCCN3C)N=N1. The van der Waals surface area contributed by atoms with E-state index in [-0.39, 0.29) is 11.6 Å². The van der Waals surface area contributed by atoms with Crippen LogP contribution in [-0.4, -0.2) is 25.2 Å². The number of carbonyl (C=O) groups excluding carboxylic acids is 1. The van der Waals surface area contributed by atoms with Crippen molar-refractivity contribution in [3.63, 3.8) is 0 Å². The van der Waals surface area contributed by atoms with Crippen molar-refractivity contribution in [1.82, 2.24) is 5.32 Å². The van der Waals surface area contributed by atoms with Gasteiger partial charge in [0.1, 0.15) is 0 Å². The van der Waals surface area contributed by atoms with E-state index in [1.807, 2.05) is 0 Å². The smallest absolute Gasteiger partial charge is 0.220 e. The first kappa shape index (κ1) is 16.5. The molecule has 1 N–H and O–H groups in total. The second-order valence-corrected chi connectivity index (χ2v) is 6.65. The molecule has 0 unspecified atom stereocenters. The van der Waals surface area contributed by atoms with Gasteiger partial charge < -0.3 is 10.2 Å². The number of hydrogen-bond acceptors (Lipinski definition) is 4. The maximum atomic E-state index is 12.1. The van der Waals surface area contributed by atoms with Crippen LogP contribution in [0.2, 0.25) is 0 Å². The highest BCUT2D eigenvalue weighted by atomic mass is 16.1. The Kier molecular flexibility index (Phi) is 4.84. The zero-order valence-electron chi connectivity index (χ0n) is 14.2. The van der Waals surface area contributed by atoms with Gasteiger partial charge >= 0.3 is 0 Å². The van der Waals surface area contributed by atoms with Crippen LogP contribution in [0.15, 0.2) is 28.4 Å². The number of nitrogens with zero attached hydrogens (tertiary/aromatic N) is 3. The summed E-state index contributed by atoms with van der Waals surface area (Å²) in [4.78, 5) is 14.4. The highest BCUT2D eigenvalue weighted by molar-refractivity contribution is 5.76. The Morgan fingerprint density at radius 1 is 1.42 bits per heavy atom. The number of terminal acetylenes is 1. The highest BCUT2D eigenvalue weighted by Gasteiger charge is 2.39. The van der Waals surface area contributed by atoms with Gasteiger partial charge in [0.15, 0.2) is 5.66 Å². The van der Waals surface area contributed by atoms with E-state index in [4.69, 9.17) is 6.42 Å². The molecule has 24 heavy (non-hydrogen) atoms. The lowest BCUT2D eigenvalue weighted by Crippen LogP contribution is -2.26. The molecule has 1 aromatic rings. The summed E-state index contributed by atoms with van der Waals surface area (Å²) in [7, 11) is 2.13. The molecule has 1 aromatic carbocycles. The van der Waals surface area contributed by atoms with Gasteiger partial charge in [-0.25, -0.2) is 0 Å². The number of hydrogen-bond donors (Lipinski definition) is 1. The van der Waals surface area contributed by atoms with Crippen molar-refractivity contribution in [3.8, 4) is 12.3 Å². The number of amides is 1. The number of fused-ring (bicyclic) bond motifs is 1. The van der Waals surface area contributed by atoms with Crippen molar-refractivity contribution in [3.05, 3.63) is 29.3 Å². The van der Waals surface area contributed by atoms with Crippen molar-refractivity contribution in [1.29, 1.82) is 0 Å². The molecule has 0 saturated carbocycles. The van der Waals surface area contributed by atoms with Gasteiger partial charge in [0, 0.05) is 51.5 Å². The van der Waals surface area contributed by atoms with Crippen molar-refractivity contribution < 1.29 is 4.79 Å². The predicted octanol–water partition coefficient (Wildman–Crippen LogP) is 3.04. The maximum Gasteiger partial charge on any atom is 0.220 e. The molecule has 0 saturated heterocycles. The first-order valence-corrected chi connectivity index (χ1v) is 8.59. The summed E-state index contributed by atoms with van der Waals surface area (Å²) in [5, 5.41) is 11.1. The summed E-state index contributed by atoms with van der Waals surface area (Å²) >= 11 is 0. The Morgan fingerprint density at radius 3 is 3.00 bits per heavy atom. The fourth-order valence-electron chi connectivity index (χ4n) is 3.22. The lowest BCUT2D eigenvalue weighted by molar-refractivity contribution is -0.121. The predicted molar refractivity (Wildman–Crippen MR) is 94.8 cm³/mol. The Bertz CT molecular complexity index is 683. The second kappa shape index (κ2) is 7.04. The van der Waals surface area contributed by atoms with Crippen LogP contribution < -0.4 is 10.2 Å². The normalized spacial score (nSPS) is 17.1. The minimum Gasteiger partial charge on any atom is -0.374 e. The van der Waals surface area contributed by atoms with Gasteiger partial charge in [0.05, 0.1) is 0 Å². The molecule has 126 valence electrons. The van der Waals surface area contributed by atoms with Crippen LogP contribution in [0, 0.1) is 12.3 Å². The Hall–Kier alpha value is -2.35. The van der Waals surface area contributed by atoms with Crippen LogP contribution in [0.4, 0.5) is 5.69 Å². The van der Waals surface area contributed by atoms with Crippen LogP contribution in [0.25, 0.3) is 0 Å². The third-order valence-electron chi connectivity index (χ3n) is 4.79. The summed E-state index contributed by atoms with van der Waals surface area (Å²) in [5.41, 5.74) is 3.46. The number of carbonyl (C=O) groups is 1. The molecule has 0 radical (unpaired) electrons. The lowest BCUT2D eigenvalue weighted by atomic mass is 9.99. The van der Waals surface area contributed by atoms with Gasteiger partial charge in [-0.15, -0.1) is 12.3 Å². The van der Waals surface area contributed by atoms with E-state index in [0.717, 1.165) is 24.9 Å². The van der Waals surface area contributed by atoms with E-state index in [1.54, 1.807) is 0 Å². The van der Waals surface area contributed by atoms with Crippen molar-refractivity contribution >= 4 is 11.6 Å². The molecule has 0 aliphatic carbocycles. The highest BCUT2D eigenvalue weighted by Crippen LogP contribution is 2.37. The number of rotatable bonds is 7. The molecule has 5 nitrogen and oxygen atoms in total. The number of benzene rings is 1. The summed E-state index contributed by atoms with van der Waals surface area (Å²) in [6, 6.07) is 6.47. The summed E-state index contributed by atoms with van der Waals surface area (Å²) in [6.45, 7) is 1.68. The van der Waals surface area contributed by atoms with Gasteiger partial charge in [-0.05, 0) is 30.0 Å². The van der Waals surface area contributed by atoms with Crippen LogP contribution in [-0.2, 0) is 17.8 Å². The largest absolute Gasteiger partial charge is 0.374 e. The fourth-order valence-corrected chi connectivity index (χ4v) is 3.22. The van der Waals surface area contributed by atoms with E-state index in [1.165, 1.54) is 17.7 Å². The first-order valence-electron chi connectivity index (χ1n) is 8.59. The zero-order valence-corrected chi connectivity index (χ0v) is 14.2. The van der Waals surface area contributed by atoms with Gasteiger partial charge in [-0.2, -0.15) is 10.2 Å². The first-order chi connectivity index (χ1) is 11.6. The minimum absolute atomic E-state index is 0.0437. The van der Waals surface area contributed by atoms with Gasteiger partial charge in [0.2, 0.25) is 5.91 Å². The molecule has 0 spiro atoms. The zero-order chi connectivity index (χ0) is 17.0. The second-order valence-electron chi connectivity index (χ2n) is 6.65. The van der Waals surface area contributed by atoms with Crippen molar-refractivity contribution in [2.24, 2.45) is 10.2 Å². The molecular weight excluding hydrogens is 300 g/mol. The molecular formula is C19H24N4O. The molecule has 1 amide bonds. The summed E-state index contributed by atoms with van der Waals surface area (Å²) in [5.74, 6) is 2.65. The fraction of sp³-hybridized carbons (Fsp3) is 0.526. The van der Waals surface area contributed by atoms with E-state index in [9.17, 15) is 4.79 Å². The average Bonchev–Trinajstić information content (AvgIpc) is 3.37. The topological polar surface area (TPSA) is 57.1 Å². The molecule has 2 aliphatic heterocycles. The Morgan fingerprint density at radius 2 is 2.25 bits per heavy atom. The standard InChI is InChI=1S/C19H24N4O/c1-3-4-10-19(21-22-19)11-9-18(24)20-14-15-7-8-17-16(13-15)6-5-12-23(17)2/h1,7-8,13H,4-6,9-12,14H2,2H3,(H,20,24). The molecule has 3 rings (SSSR count). The van der Waals surface area contributed by atoms with Crippen LogP contribution >= 0.6 is 0 Å². The van der Waals surface area contributed by atoms with Crippen molar-refractivity contribution in [2.75, 3.05) is 18.5 Å². The van der Waals surface area contributed by atoms with E-state index < -0.39 is 0 Å². The van der Waals surface area contributed by atoms with Crippen LogP contribution in [0.3, 0.4) is 0 Å². The number of anilines is 1. The summed E-state index contributed by atoms with van der Waals surface area (Å²) < 4.78 is 0. The Labute approximate surface area is 143 Å². The molecule has 0 aromatic heterocycles. The van der Waals surface area contributed by atoms with E-state index in [0.29, 0.717) is 25.8 Å². The van der Waals surface area contributed by atoms with Crippen molar-refractivity contribution in [2.45, 2.75) is 50.7 Å². The maximum absolute atomic E-state index is 12.1. The minimum atomic E-state index is -0.375. The molecule has 0 fully saturated rings. The molecule has 2 heterocycles. The van der Waals surface area contributed by atoms with Gasteiger partial charge in [-0.1, -0.05) is 12.1 Å². The van der Waals surface area contributed by atoms with E-state index >= 15 is 0 Å². The quantitative estimate of drug-likeness (QED) is 0.784. The van der Waals surface area contributed by atoms with E-state index in [2.05, 4.69) is 51.6 Å². The van der Waals surface area contributed by atoms with Crippen LogP contribution in [0.1, 0.15) is 43.2 Å². The molecule has 0 atom stereocenters. The number of aryl methyl sites for hydroxylation is 1. The van der Waals surface area contributed by atoms with Crippen LogP contribution in [0.5, 0.6) is 0 Å². The molecule has 2 aliphatic rings. The monoisotopic (exact) mass is 324 g/mol. The van der Waals surface area contributed by atoms with Gasteiger partial charge in [0.25, 0.3) is 0 Å². The Balaban J connectivity index is 1.46. The third-order valence-corrected chi connectivity index (χ3v) is 4.79.